The topological polar surface area (TPSA) is 109 Å². The van der Waals surface area contributed by atoms with Gasteiger partial charge >= 0.3 is 5.97 Å². The Kier molecular flexibility index (Phi) is 15.9. The number of hydrogen-bond acceptors (Lipinski definition) is 7. The van der Waals surface area contributed by atoms with Crippen LogP contribution in [0, 0.1) is 46.3 Å². The molecule has 4 aliphatic carbocycles. The molecule has 4 aliphatic rings. The molecule has 10 atom stereocenters. The number of carbonyl (C=O) groups excluding carboxylic acids is 1. The highest BCUT2D eigenvalue weighted by molar-refractivity contribution is 5.69. The normalized spacial score (nSPS) is 36.8. The van der Waals surface area contributed by atoms with Crippen LogP contribution in [-0.2, 0) is 9.53 Å². The minimum atomic E-state index is -0.162. The summed E-state index contributed by atoms with van der Waals surface area (Å²) in [5.74, 6) is 3.75. The van der Waals surface area contributed by atoms with Gasteiger partial charge in [-0.3, -0.25) is 4.79 Å². The molecule has 4 rings (SSSR count). The molecule has 0 radical (unpaired) electrons. The number of unbranched alkanes of at least 4 members (excludes halogenated alkanes) is 1. The molecule has 44 heavy (non-hydrogen) atoms. The number of carbonyl (C=O) groups is 1. The van der Waals surface area contributed by atoms with Gasteiger partial charge in [-0.15, -0.1) is 0 Å². The lowest BCUT2D eigenvalue weighted by Gasteiger charge is -2.62. The van der Waals surface area contributed by atoms with E-state index in [-0.39, 0.29) is 17.5 Å². The summed E-state index contributed by atoms with van der Waals surface area (Å²) in [5, 5.41) is 22.6. The third-order valence-electron chi connectivity index (χ3n) is 12.9. The molecule has 0 aromatic heterocycles. The first-order valence-corrected chi connectivity index (χ1v) is 18.8. The van der Waals surface area contributed by atoms with Gasteiger partial charge in [0.05, 0.1) is 13.2 Å². The fourth-order valence-corrected chi connectivity index (χ4v) is 10.6. The van der Waals surface area contributed by atoms with Crippen LogP contribution in [0.15, 0.2) is 0 Å². The molecular weight excluding hydrogens is 548 g/mol. The van der Waals surface area contributed by atoms with E-state index in [9.17, 15) is 9.90 Å². The van der Waals surface area contributed by atoms with E-state index >= 15 is 0 Å². The van der Waals surface area contributed by atoms with Crippen LogP contribution in [0.3, 0.4) is 0 Å². The summed E-state index contributed by atoms with van der Waals surface area (Å²) in [5.41, 5.74) is 6.16. The third-order valence-corrected chi connectivity index (χ3v) is 12.9. The number of methoxy groups -OCH3 is 1. The lowest BCUT2D eigenvalue weighted by atomic mass is 9.43. The van der Waals surface area contributed by atoms with E-state index < -0.39 is 0 Å². The monoisotopic (exact) mass is 621 g/mol. The second kappa shape index (κ2) is 18.6. The lowest BCUT2D eigenvalue weighted by Crippen LogP contribution is -2.59. The summed E-state index contributed by atoms with van der Waals surface area (Å²) < 4.78 is 4.93. The third kappa shape index (κ3) is 9.20. The highest BCUT2D eigenvalue weighted by Crippen LogP contribution is 2.68. The number of ether oxygens (including phenoxy) is 1. The molecule has 4 saturated carbocycles. The fraction of sp³-hybridized carbons (Fsp3) is 0.973. The van der Waals surface area contributed by atoms with Gasteiger partial charge in [-0.25, -0.2) is 0 Å². The van der Waals surface area contributed by atoms with Crippen molar-refractivity contribution in [1.82, 2.24) is 16.0 Å². The van der Waals surface area contributed by atoms with E-state index in [4.69, 9.17) is 10.5 Å². The molecule has 0 heterocycles. The Morgan fingerprint density at radius 2 is 1.50 bits per heavy atom. The summed E-state index contributed by atoms with van der Waals surface area (Å²) in [6.45, 7) is 17.6. The van der Waals surface area contributed by atoms with Crippen molar-refractivity contribution in [3.05, 3.63) is 0 Å². The number of esters is 1. The predicted octanol–water partition coefficient (Wildman–Crippen LogP) is 5.89. The Bertz CT molecular complexity index is 829. The molecule has 8 unspecified atom stereocenters. The van der Waals surface area contributed by atoms with E-state index in [1.54, 1.807) is 0 Å². The number of nitrogens with one attached hydrogen (secondary N) is 3. The Morgan fingerprint density at radius 3 is 2.18 bits per heavy atom. The highest BCUT2D eigenvalue weighted by atomic mass is 16.5. The largest absolute Gasteiger partial charge is 0.469 e. The average molecular weight is 621 g/mol. The van der Waals surface area contributed by atoms with Crippen molar-refractivity contribution in [3.8, 4) is 0 Å². The second-order valence-corrected chi connectivity index (χ2v) is 15.2. The Morgan fingerprint density at radius 1 is 0.864 bits per heavy atom. The van der Waals surface area contributed by atoms with Crippen LogP contribution in [0.5, 0.6) is 0 Å². The molecule has 6 N–H and O–H groups in total. The maximum Gasteiger partial charge on any atom is 0.305 e. The molecule has 0 aromatic carbocycles. The highest BCUT2D eigenvalue weighted by Gasteiger charge is 2.62. The summed E-state index contributed by atoms with van der Waals surface area (Å²) >= 11 is 0. The van der Waals surface area contributed by atoms with E-state index in [2.05, 4.69) is 36.7 Å². The van der Waals surface area contributed by atoms with Gasteiger partial charge in [0.1, 0.15) is 0 Å². The molecule has 0 amide bonds. The zero-order valence-corrected chi connectivity index (χ0v) is 29.6. The van der Waals surface area contributed by atoms with Crippen molar-refractivity contribution in [2.45, 2.75) is 137 Å². The predicted molar refractivity (Wildman–Crippen MR) is 183 cm³/mol. The van der Waals surface area contributed by atoms with Crippen LogP contribution in [-0.4, -0.2) is 69.6 Å². The van der Waals surface area contributed by atoms with Crippen LogP contribution in [0.4, 0.5) is 0 Å². The van der Waals surface area contributed by atoms with Gasteiger partial charge < -0.3 is 31.5 Å². The average Bonchev–Trinajstić information content (AvgIpc) is 3.39. The van der Waals surface area contributed by atoms with Gasteiger partial charge in [-0.2, -0.15) is 0 Å². The first-order chi connectivity index (χ1) is 21.2. The first-order valence-electron chi connectivity index (χ1n) is 18.8. The van der Waals surface area contributed by atoms with Crippen molar-refractivity contribution in [2.24, 2.45) is 52.1 Å². The van der Waals surface area contributed by atoms with E-state index in [1.165, 1.54) is 64.9 Å². The van der Waals surface area contributed by atoms with Crippen LogP contribution in [0.1, 0.15) is 125 Å². The lowest BCUT2D eigenvalue weighted by molar-refractivity contribution is -0.162. The summed E-state index contributed by atoms with van der Waals surface area (Å²) in [6.07, 6.45) is 15.9. The van der Waals surface area contributed by atoms with Crippen molar-refractivity contribution in [1.29, 1.82) is 0 Å². The standard InChI is InChI=1S/C35H66N4O3.C2H6/c1-25(9-12-33(41)42-4)28-10-11-29-27-24-32(40)31-23-26(13-15-35(31,3)30(27)14-16-34(28,29)2)39-22-8-21-38-19-6-5-18-37-20-7-17-36;1-2/h25-32,37-40H,5-24,36H2,1-4H3;1-2H3/t25?,26?,27?,28?,29?,30?,31-,32?,34+,35?;/m1./s1. The van der Waals surface area contributed by atoms with Crippen molar-refractivity contribution in [3.63, 3.8) is 0 Å². The molecule has 4 fully saturated rings. The zero-order valence-electron chi connectivity index (χ0n) is 29.6. The summed E-state index contributed by atoms with van der Waals surface area (Å²) in [4.78, 5) is 11.8. The van der Waals surface area contributed by atoms with E-state index in [0.29, 0.717) is 41.5 Å². The molecule has 7 heteroatoms. The van der Waals surface area contributed by atoms with E-state index in [0.717, 1.165) is 76.8 Å². The van der Waals surface area contributed by atoms with Gasteiger partial charge in [-0.1, -0.05) is 34.6 Å². The van der Waals surface area contributed by atoms with Crippen LogP contribution < -0.4 is 21.7 Å². The van der Waals surface area contributed by atoms with Gasteiger partial charge in [0.25, 0.3) is 0 Å². The molecule has 258 valence electrons. The van der Waals surface area contributed by atoms with Gasteiger partial charge in [-0.05, 0) is 169 Å². The van der Waals surface area contributed by atoms with Crippen molar-refractivity contribution < 1.29 is 14.6 Å². The number of hydrogen-bond donors (Lipinski definition) is 5. The molecular formula is C37H72N4O3. The quantitative estimate of drug-likeness (QED) is 0.102. The number of fused-ring (bicyclic) bond motifs is 5. The summed E-state index contributed by atoms with van der Waals surface area (Å²) in [6, 6.07) is 0.550. The molecule has 0 bridgehead atoms. The maximum atomic E-state index is 11.8. The Hall–Kier alpha value is -0.730. The van der Waals surface area contributed by atoms with Gasteiger partial charge in [0, 0.05) is 12.5 Å². The Labute approximate surface area is 271 Å². The number of aliphatic hydroxyl groups is 1. The van der Waals surface area contributed by atoms with Gasteiger partial charge in [0.2, 0.25) is 0 Å². The smallest absolute Gasteiger partial charge is 0.305 e. The SMILES string of the molecule is CC.COC(=O)CCC(C)C1CCC2C3CC(O)[C@H]4CC(NCCCNCCCCNCCCN)CCC4(C)C3CC[C@@]12C. The minimum Gasteiger partial charge on any atom is -0.469 e. The molecule has 0 spiro atoms. The van der Waals surface area contributed by atoms with Crippen molar-refractivity contribution in [2.75, 3.05) is 46.4 Å². The summed E-state index contributed by atoms with van der Waals surface area (Å²) in [7, 11) is 1.50. The number of aliphatic hydroxyl groups excluding tert-OH is 1. The molecule has 0 saturated heterocycles. The minimum absolute atomic E-state index is 0.0739. The molecule has 0 aromatic rings. The molecule has 0 aliphatic heterocycles. The molecule has 7 nitrogen and oxygen atoms in total. The maximum absolute atomic E-state index is 11.8. The van der Waals surface area contributed by atoms with Crippen LogP contribution in [0.2, 0.25) is 0 Å². The fourth-order valence-electron chi connectivity index (χ4n) is 10.6. The number of rotatable bonds is 17. The van der Waals surface area contributed by atoms with Gasteiger partial charge in [0.15, 0.2) is 0 Å². The number of nitrogens with two attached hydrogens (primary N) is 1. The Balaban J connectivity index is 0.00000259. The van der Waals surface area contributed by atoms with Crippen LogP contribution >= 0.6 is 0 Å². The van der Waals surface area contributed by atoms with E-state index in [1.807, 2.05) is 13.8 Å². The van der Waals surface area contributed by atoms with Crippen molar-refractivity contribution >= 4 is 5.97 Å². The zero-order chi connectivity index (χ0) is 32.2. The van der Waals surface area contributed by atoms with Crippen LogP contribution in [0.25, 0.3) is 0 Å². The second-order valence-electron chi connectivity index (χ2n) is 15.2. The first kappa shape index (κ1) is 37.7.